The minimum atomic E-state index is -0.854. The molecule has 40 heavy (non-hydrogen) atoms. The van der Waals surface area contributed by atoms with Crippen LogP contribution in [0.3, 0.4) is 0 Å². The monoisotopic (exact) mass is 782 g/mol. The maximum absolute atomic E-state index is 12.5. The van der Waals surface area contributed by atoms with Crippen molar-refractivity contribution < 1.29 is 14.6 Å². The zero-order valence-electron chi connectivity index (χ0n) is 23.2. The maximum atomic E-state index is 12.5. The number of ether oxygens (including phenoxy) is 1. The molecule has 8 heteroatoms. The molecule has 212 valence electrons. The number of hydrogen-bond acceptors (Lipinski definition) is 4. The van der Waals surface area contributed by atoms with Gasteiger partial charge in [-0.05, 0) is 125 Å². The highest BCUT2D eigenvalue weighted by Crippen LogP contribution is 2.39. The van der Waals surface area contributed by atoms with Gasteiger partial charge in [0.15, 0.2) is 6.61 Å². The molecule has 1 amide bonds. The molecule has 0 radical (unpaired) electrons. The molecule has 0 aliphatic heterocycles. The fourth-order valence-electron chi connectivity index (χ4n) is 4.47. The van der Waals surface area contributed by atoms with Crippen LogP contribution in [0.2, 0.25) is 0 Å². The number of thioether (sulfide) groups is 1. The smallest absolute Gasteiger partial charge is 0.258 e. The number of aromatic nitrogens is 1. The first kappa shape index (κ1) is 31.2. The van der Waals surface area contributed by atoms with Gasteiger partial charge in [-0.2, -0.15) is 0 Å². The van der Waals surface area contributed by atoms with E-state index in [1.807, 2.05) is 62.0 Å². The molecule has 2 N–H and O–H groups in total. The number of carbonyl (C=O) groups excluding carboxylic acids is 1. The normalized spacial score (nSPS) is 11.7. The number of nitrogens with one attached hydrogen (secondary N) is 1. The summed E-state index contributed by atoms with van der Waals surface area (Å²) in [6.07, 6.45) is 2.78. The molecule has 1 aromatic heterocycles. The minimum absolute atomic E-state index is 0.0475. The van der Waals surface area contributed by atoms with Crippen molar-refractivity contribution in [1.29, 1.82) is 0 Å². The Morgan fingerprint density at radius 2 is 1.65 bits per heavy atom. The summed E-state index contributed by atoms with van der Waals surface area (Å²) in [6, 6.07) is 22.7. The molecule has 0 aliphatic rings. The Balaban J connectivity index is 1.61. The Labute approximate surface area is 268 Å². The lowest BCUT2D eigenvalue weighted by Crippen LogP contribution is -2.28. The first-order chi connectivity index (χ1) is 19.1. The van der Waals surface area contributed by atoms with Gasteiger partial charge < -0.3 is 19.7 Å². The van der Waals surface area contributed by atoms with Gasteiger partial charge in [-0.15, -0.1) is 11.8 Å². The Morgan fingerprint density at radius 1 is 1.00 bits per heavy atom. The third kappa shape index (κ3) is 8.87. The molecule has 0 atom stereocenters. The molecular weight excluding hydrogens is 746 g/mol. The number of rotatable bonds is 13. The summed E-state index contributed by atoms with van der Waals surface area (Å²) in [6.45, 7) is 7.07. The molecule has 0 saturated carbocycles. The van der Waals surface area contributed by atoms with Crippen molar-refractivity contribution in [2.24, 2.45) is 0 Å². The van der Waals surface area contributed by atoms with Crippen LogP contribution in [-0.4, -0.2) is 33.5 Å². The Morgan fingerprint density at radius 3 is 2.27 bits per heavy atom. The first-order valence-electron chi connectivity index (χ1n) is 13.5. The largest absolute Gasteiger partial charge is 0.484 e. The molecule has 0 spiro atoms. The van der Waals surface area contributed by atoms with E-state index in [-0.39, 0.29) is 12.5 Å². The number of benzene rings is 3. The summed E-state index contributed by atoms with van der Waals surface area (Å²) in [5.74, 6) is 1.51. The highest BCUT2D eigenvalue weighted by atomic mass is 127. The van der Waals surface area contributed by atoms with Gasteiger partial charge in [-0.25, -0.2) is 0 Å². The van der Waals surface area contributed by atoms with Crippen molar-refractivity contribution >= 4 is 73.8 Å². The molecule has 0 saturated heterocycles. The van der Waals surface area contributed by atoms with Crippen LogP contribution >= 0.6 is 56.9 Å². The average Bonchev–Trinajstić information content (AvgIpc) is 3.18. The number of amides is 1. The standard InChI is InChI=1S/C32H36I2N2O3S/c1-4-5-16-40-31-27-17-26(39-21-30(37)35-19-22-6-10-24(33)11-7-22)14-15-28(27)36(29(31)18-32(2,3)38)20-23-8-12-25(34)13-9-23/h6-15,17,38H,4-5,16,18-21H2,1-3H3,(H,35,37). The van der Waals surface area contributed by atoms with E-state index < -0.39 is 5.60 Å². The fourth-order valence-corrected chi connectivity index (χ4v) is 6.49. The number of carbonyl (C=O) groups is 1. The Kier molecular flexibility index (Phi) is 11.2. The Hall–Kier alpha value is -1.76. The predicted molar refractivity (Wildman–Crippen MR) is 182 cm³/mol. The van der Waals surface area contributed by atoms with Gasteiger partial charge in [0.25, 0.3) is 5.91 Å². The number of aliphatic hydroxyl groups is 1. The Bertz CT molecular complexity index is 1430. The lowest BCUT2D eigenvalue weighted by atomic mass is 10.0. The third-order valence-corrected chi connectivity index (χ3v) is 9.14. The van der Waals surface area contributed by atoms with Crippen molar-refractivity contribution in [1.82, 2.24) is 9.88 Å². The van der Waals surface area contributed by atoms with Gasteiger partial charge in [0, 0.05) is 48.1 Å². The van der Waals surface area contributed by atoms with Crippen molar-refractivity contribution in [2.75, 3.05) is 12.4 Å². The summed E-state index contributed by atoms with van der Waals surface area (Å²) in [4.78, 5) is 13.7. The van der Waals surface area contributed by atoms with Crippen LogP contribution in [0.15, 0.2) is 71.6 Å². The molecule has 4 aromatic rings. The van der Waals surface area contributed by atoms with Crippen LogP contribution in [0.4, 0.5) is 0 Å². The van der Waals surface area contributed by atoms with Crippen LogP contribution < -0.4 is 10.1 Å². The molecular formula is C32H36I2N2O3S. The van der Waals surface area contributed by atoms with Crippen molar-refractivity contribution in [3.63, 3.8) is 0 Å². The second kappa shape index (κ2) is 14.4. The van der Waals surface area contributed by atoms with Crippen molar-refractivity contribution in [2.45, 2.75) is 63.6 Å². The van der Waals surface area contributed by atoms with E-state index in [1.54, 1.807) is 0 Å². The molecule has 1 heterocycles. The van der Waals surface area contributed by atoms with Gasteiger partial charge in [-0.3, -0.25) is 4.79 Å². The average molecular weight is 783 g/mol. The van der Waals surface area contributed by atoms with E-state index in [0.717, 1.165) is 44.3 Å². The number of unbranched alkanes of at least 4 members (excludes halogenated alkanes) is 1. The zero-order chi connectivity index (χ0) is 28.7. The molecule has 4 rings (SSSR count). The molecule has 5 nitrogen and oxygen atoms in total. The summed E-state index contributed by atoms with van der Waals surface area (Å²) < 4.78 is 10.7. The van der Waals surface area contributed by atoms with Gasteiger partial charge in [0.2, 0.25) is 0 Å². The lowest BCUT2D eigenvalue weighted by Gasteiger charge is -2.20. The number of hydrogen-bond donors (Lipinski definition) is 2. The first-order valence-corrected chi connectivity index (χ1v) is 16.7. The second-order valence-corrected chi connectivity index (χ2v) is 14.1. The van der Waals surface area contributed by atoms with Crippen LogP contribution in [0.1, 0.15) is 50.4 Å². The van der Waals surface area contributed by atoms with E-state index in [9.17, 15) is 9.90 Å². The van der Waals surface area contributed by atoms with Crippen LogP contribution in [0.5, 0.6) is 5.75 Å². The summed E-state index contributed by atoms with van der Waals surface area (Å²) >= 11 is 6.44. The molecule has 3 aromatic carbocycles. The quantitative estimate of drug-likeness (QED) is 0.0827. The fraction of sp³-hybridized carbons (Fsp3) is 0.344. The van der Waals surface area contributed by atoms with Crippen LogP contribution in [0.25, 0.3) is 10.9 Å². The SMILES string of the molecule is CCCCSc1c(CC(C)(C)O)n(Cc2ccc(I)cc2)c2ccc(OCC(=O)NCc3ccc(I)cc3)cc12. The molecule has 0 fully saturated rings. The molecule has 0 aliphatic carbocycles. The van der Waals surface area contributed by atoms with Crippen molar-refractivity contribution in [3.8, 4) is 5.75 Å². The highest BCUT2D eigenvalue weighted by Gasteiger charge is 2.24. The topological polar surface area (TPSA) is 63.5 Å². The third-order valence-electron chi connectivity index (χ3n) is 6.46. The summed E-state index contributed by atoms with van der Waals surface area (Å²) in [5, 5.41) is 14.9. The lowest BCUT2D eigenvalue weighted by molar-refractivity contribution is -0.123. The minimum Gasteiger partial charge on any atom is -0.484 e. The van der Waals surface area contributed by atoms with Crippen LogP contribution in [0, 0.1) is 7.14 Å². The molecule has 0 unspecified atom stereocenters. The number of halogens is 2. The van der Waals surface area contributed by atoms with E-state index >= 15 is 0 Å². The second-order valence-electron chi connectivity index (χ2n) is 10.6. The van der Waals surface area contributed by atoms with E-state index in [2.05, 4.69) is 92.3 Å². The van der Waals surface area contributed by atoms with Gasteiger partial charge in [-0.1, -0.05) is 37.6 Å². The van der Waals surface area contributed by atoms with Gasteiger partial charge >= 0.3 is 0 Å². The molecule has 0 bridgehead atoms. The van der Waals surface area contributed by atoms with Crippen LogP contribution in [-0.2, 0) is 24.3 Å². The van der Waals surface area contributed by atoms with E-state index in [4.69, 9.17) is 4.74 Å². The highest BCUT2D eigenvalue weighted by molar-refractivity contribution is 14.1. The number of nitrogens with zero attached hydrogens (tertiary/aromatic N) is 1. The summed E-state index contributed by atoms with van der Waals surface area (Å²) in [7, 11) is 0. The predicted octanol–water partition coefficient (Wildman–Crippen LogP) is 7.80. The number of fused-ring (bicyclic) bond motifs is 1. The van der Waals surface area contributed by atoms with E-state index in [0.29, 0.717) is 25.3 Å². The van der Waals surface area contributed by atoms with Gasteiger partial charge in [0.1, 0.15) is 5.75 Å². The van der Waals surface area contributed by atoms with Gasteiger partial charge in [0.05, 0.1) is 5.60 Å². The van der Waals surface area contributed by atoms with Crippen molar-refractivity contribution in [3.05, 3.63) is 90.7 Å². The maximum Gasteiger partial charge on any atom is 0.258 e. The van der Waals surface area contributed by atoms with E-state index in [1.165, 1.54) is 14.0 Å². The summed E-state index contributed by atoms with van der Waals surface area (Å²) in [5.41, 5.74) is 3.65. The zero-order valence-corrected chi connectivity index (χ0v) is 28.3.